The highest BCUT2D eigenvalue weighted by atomic mass is 16.5. The molecule has 0 spiro atoms. The Morgan fingerprint density at radius 3 is 1.81 bits per heavy atom. The number of aromatic nitrogens is 4. The molecule has 12 nitrogen and oxygen atoms in total. The predicted octanol–water partition coefficient (Wildman–Crippen LogP) is 6.63. The third-order valence-corrected chi connectivity index (χ3v) is 10.5. The largest absolute Gasteiger partial charge is 0.453 e. The number of alkyl carbamates (subject to hydrolysis) is 1. The summed E-state index contributed by atoms with van der Waals surface area (Å²) < 4.78 is 4.76. The highest BCUT2D eigenvalue weighted by Gasteiger charge is 2.37. The number of imidazole rings is 2. The van der Waals surface area contributed by atoms with Gasteiger partial charge in [0.05, 0.1) is 49.5 Å². The topological polar surface area (TPSA) is 148 Å². The third kappa shape index (κ3) is 8.08. The Labute approximate surface area is 315 Å². The molecular weight excluding hydrogens is 681 g/mol. The number of likely N-dealkylation sites (tertiary alicyclic amines) is 2. The molecule has 4 heterocycles. The summed E-state index contributed by atoms with van der Waals surface area (Å²) in [5.41, 5.74) is 7.15. The van der Waals surface area contributed by atoms with Gasteiger partial charge in [0, 0.05) is 19.6 Å². The molecule has 54 heavy (non-hydrogen) atoms. The Morgan fingerprint density at radius 1 is 0.759 bits per heavy atom. The molecule has 2 aliphatic rings. The Balaban J connectivity index is 0.967. The van der Waals surface area contributed by atoms with Crippen LogP contribution in [-0.4, -0.2) is 80.4 Å². The third-order valence-electron chi connectivity index (χ3n) is 10.5. The average Bonchev–Trinajstić information content (AvgIpc) is 4.04. The van der Waals surface area contributed by atoms with Crippen molar-refractivity contribution < 1.29 is 19.1 Å². The number of benzene rings is 3. The molecule has 4 N–H and O–H groups in total. The number of hydrogen-bond acceptors (Lipinski definition) is 7. The number of carbonyl (C=O) groups is 3. The zero-order valence-corrected chi connectivity index (χ0v) is 31.0. The van der Waals surface area contributed by atoms with Crippen molar-refractivity contribution in [2.24, 2.45) is 5.92 Å². The van der Waals surface area contributed by atoms with Crippen molar-refractivity contribution in [1.82, 2.24) is 40.4 Å². The molecular formula is C42H48N8O4. The second-order valence-corrected chi connectivity index (χ2v) is 14.4. The first kappa shape index (κ1) is 36.6. The van der Waals surface area contributed by atoms with Crippen molar-refractivity contribution in [2.45, 2.75) is 64.2 Å². The van der Waals surface area contributed by atoms with Crippen molar-refractivity contribution in [2.75, 3.05) is 26.7 Å². The van der Waals surface area contributed by atoms with E-state index in [0.29, 0.717) is 19.6 Å². The summed E-state index contributed by atoms with van der Waals surface area (Å²) in [5.74, 6) is 1.43. The quantitative estimate of drug-likeness (QED) is 0.113. The molecule has 2 aromatic heterocycles. The number of nitrogens with zero attached hydrogens (tertiary/aromatic N) is 4. The lowest BCUT2D eigenvalue weighted by molar-refractivity contribution is -0.135. The van der Waals surface area contributed by atoms with Gasteiger partial charge in [0.1, 0.15) is 17.7 Å². The lowest BCUT2D eigenvalue weighted by atomic mass is 10.0. The van der Waals surface area contributed by atoms with E-state index >= 15 is 0 Å². The predicted molar refractivity (Wildman–Crippen MR) is 207 cm³/mol. The van der Waals surface area contributed by atoms with Gasteiger partial charge in [-0.05, 0) is 59.4 Å². The van der Waals surface area contributed by atoms with Gasteiger partial charge in [-0.25, -0.2) is 14.8 Å². The molecule has 3 amide bonds. The van der Waals surface area contributed by atoms with Gasteiger partial charge in [-0.15, -0.1) is 0 Å². The van der Waals surface area contributed by atoms with Gasteiger partial charge in [-0.1, -0.05) is 92.7 Å². The molecule has 0 bridgehead atoms. The average molecular weight is 729 g/mol. The lowest BCUT2D eigenvalue weighted by Crippen LogP contribution is -2.51. The number of nitrogens with one attached hydrogen (secondary N) is 4. The fourth-order valence-electron chi connectivity index (χ4n) is 7.54. The summed E-state index contributed by atoms with van der Waals surface area (Å²) >= 11 is 0. The molecule has 2 saturated heterocycles. The summed E-state index contributed by atoms with van der Waals surface area (Å²) in [6, 6.07) is 25.9. The summed E-state index contributed by atoms with van der Waals surface area (Å²) in [5, 5.41) is 5.99. The molecule has 0 saturated carbocycles. The Hall–Kier alpha value is -5.75. The number of amides is 3. The number of ether oxygens (including phenoxy) is 1. The fourth-order valence-corrected chi connectivity index (χ4v) is 7.54. The van der Waals surface area contributed by atoms with Crippen LogP contribution < -0.4 is 10.6 Å². The highest BCUT2D eigenvalue weighted by Crippen LogP contribution is 2.34. The molecule has 5 aromatic rings. The zero-order valence-electron chi connectivity index (χ0n) is 31.0. The van der Waals surface area contributed by atoms with Gasteiger partial charge in [-0.2, -0.15) is 0 Å². The van der Waals surface area contributed by atoms with Crippen molar-refractivity contribution in [1.29, 1.82) is 0 Å². The first-order chi connectivity index (χ1) is 26.3. The molecule has 7 rings (SSSR count). The normalized spacial score (nSPS) is 17.6. The van der Waals surface area contributed by atoms with Gasteiger partial charge in [0.25, 0.3) is 0 Å². The van der Waals surface area contributed by atoms with E-state index < -0.39 is 12.1 Å². The molecule has 0 unspecified atom stereocenters. The number of aromatic amines is 2. The van der Waals surface area contributed by atoms with Crippen LogP contribution in [0, 0.1) is 5.92 Å². The first-order valence-corrected chi connectivity index (χ1v) is 18.8. The maximum absolute atomic E-state index is 13.5. The van der Waals surface area contributed by atoms with Crippen LogP contribution in [0.15, 0.2) is 91.3 Å². The zero-order chi connectivity index (χ0) is 37.6. The monoisotopic (exact) mass is 728 g/mol. The first-order valence-electron chi connectivity index (χ1n) is 18.8. The van der Waals surface area contributed by atoms with Crippen LogP contribution >= 0.6 is 0 Å². The van der Waals surface area contributed by atoms with Crippen molar-refractivity contribution >= 4 is 17.9 Å². The molecule has 2 aliphatic heterocycles. The standard InChI is InChI=1S/C42H48N8O4/c1-27(2)38(48-42(53)54-3)41(52)50-22-8-12-36(50)40-45-25-34(47-40)32-19-15-30(16-20-32)29-13-17-31(18-14-29)33-24-44-39(46-33)35-11-7-21-49(35)37(51)26-43-23-28-9-5-4-6-10-28/h4-6,9-10,13-20,24-25,27,35-36,38,43H,7-8,11-12,21-23,26H2,1-3H3,(H,44,46)(H,45,47)(H,48,53)/t35-,36-,38-/m0/s1. The maximum Gasteiger partial charge on any atom is 0.407 e. The van der Waals surface area contributed by atoms with Crippen molar-refractivity contribution in [3.8, 4) is 33.6 Å². The molecule has 2 fully saturated rings. The molecule has 0 radical (unpaired) electrons. The van der Waals surface area contributed by atoms with Gasteiger partial charge < -0.3 is 35.1 Å². The van der Waals surface area contributed by atoms with Crippen LogP contribution in [-0.2, 0) is 20.9 Å². The van der Waals surface area contributed by atoms with E-state index in [1.807, 2.05) is 54.2 Å². The van der Waals surface area contributed by atoms with Crippen LogP contribution in [0.2, 0.25) is 0 Å². The van der Waals surface area contributed by atoms with Gasteiger partial charge in [-0.3, -0.25) is 9.59 Å². The van der Waals surface area contributed by atoms with Crippen molar-refractivity contribution in [3.05, 3.63) is 108 Å². The lowest BCUT2D eigenvalue weighted by Gasteiger charge is -2.30. The minimum absolute atomic E-state index is 0.0549. The van der Waals surface area contributed by atoms with Crippen LogP contribution in [0.4, 0.5) is 4.79 Å². The number of H-pyrrole nitrogens is 2. The van der Waals surface area contributed by atoms with E-state index in [-0.39, 0.29) is 29.8 Å². The van der Waals surface area contributed by atoms with Gasteiger partial charge >= 0.3 is 6.09 Å². The molecule has 280 valence electrons. The van der Waals surface area contributed by atoms with E-state index in [2.05, 4.69) is 86.2 Å². The number of rotatable bonds is 12. The minimum atomic E-state index is -0.676. The van der Waals surface area contributed by atoms with Gasteiger partial charge in [0.2, 0.25) is 11.8 Å². The second kappa shape index (κ2) is 16.5. The molecule has 0 aliphatic carbocycles. The SMILES string of the molecule is COC(=O)N[C@H](C(=O)N1CCC[C@H]1c1ncc(-c2ccc(-c3ccc(-c4cnc([C@@H]5CCCN5C(=O)CNCc5ccccc5)[nH]4)cc3)cc2)[nH]1)C(C)C. The fraction of sp³-hybridized carbons (Fsp3) is 0.357. The number of carbonyl (C=O) groups excluding carboxylic acids is 3. The van der Waals surface area contributed by atoms with Crippen LogP contribution in [0.5, 0.6) is 0 Å². The van der Waals surface area contributed by atoms with Crippen molar-refractivity contribution in [3.63, 3.8) is 0 Å². The van der Waals surface area contributed by atoms with E-state index in [1.165, 1.54) is 7.11 Å². The van der Waals surface area contributed by atoms with Crippen LogP contribution in [0.25, 0.3) is 33.6 Å². The van der Waals surface area contributed by atoms with E-state index in [1.54, 1.807) is 0 Å². The molecule has 3 aromatic carbocycles. The smallest absolute Gasteiger partial charge is 0.407 e. The van der Waals surface area contributed by atoms with Gasteiger partial charge in [0.15, 0.2) is 0 Å². The Morgan fingerprint density at radius 2 is 1.28 bits per heavy atom. The molecule has 3 atom stereocenters. The minimum Gasteiger partial charge on any atom is -0.453 e. The number of hydrogen-bond donors (Lipinski definition) is 4. The second-order valence-electron chi connectivity index (χ2n) is 14.4. The maximum atomic E-state index is 13.5. The van der Waals surface area contributed by atoms with E-state index in [4.69, 9.17) is 9.72 Å². The van der Waals surface area contributed by atoms with Crippen LogP contribution in [0.1, 0.15) is 68.8 Å². The summed E-state index contributed by atoms with van der Waals surface area (Å²) in [6.07, 6.45) is 6.55. The Bertz CT molecular complexity index is 2040. The Kier molecular flexibility index (Phi) is 11.2. The molecule has 12 heteroatoms. The summed E-state index contributed by atoms with van der Waals surface area (Å²) in [6.45, 7) is 6.11. The van der Waals surface area contributed by atoms with E-state index in [9.17, 15) is 14.4 Å². The summed E-state index contributed by atoms with van der Waals surface area (Å²) in [4.78, 5) is 58.7. The number of methoxy groups -OCH3 is 1. The summed E-state index contributed by atoms with van der Waals surface area (Å²) in [7, 11) is 1.30. The highest BCUT2D eigenvalue weighted by molar-refractivity contribution is 5.86. The van der Waals surface area contributed by atoms with Crippen LogP contribution in [0.3, 0.4) is 0 Å². The van der Waals surface area contributed by atoms with E-state index in [0.717, 1.165) is 83.1 Å².